The summed E-state index contributed by atoms with van der Waals surface area (Å²) in [5.41, 5.74) is 1.85. The van der Waals surface area contributed by atoms with Crippen LogP contribution in [-0.4, -0.2) is 71.3 Å². The Balaban J connectivity index is 1.31. The second kappa shape index (κ2) is 8.75. The third-order valence-corrected chi connectivity index (χ3v) is 8.22. The maximum absolute atomic E-state index is 13.2. The molecule has 7 nitrogen and oxygen atoms in total. The number of nitrogens with one attached hydrogen (secondary N) is 1. The summed E-state index contributed by atoms with van der Waals surface area (Å²) in [5, 5.41) is 3.26. The Hall–Kier alpha value is -2.41. The van der Waals surface area contributed by atoms with E-state index in [1.807, 2.05) is 39.2 Å². The molecule has 2 aromatic rings. The molecule has 0 saturated heterocycles. The van der Waals surface area contributed by atoms with Crippen LogP contribution >= 0.6 is 0 Å². The fourth-order valence-corrected chi connectivity index (χ4v) is 7.05. The van der Waals surface area contributed by atoms with Crippen molar-refractivity contribution in [3.63, 3.8) is 0 Å². The molecule has 4 aliphatic carbocycles. The summed E-state index contributed by atoms with van der Waals surface area (Å²) in [5.74, 6) is 2.43. The van der Waals surface area contributed by atoms with Crippen molar-refractivity contribution >= 4 is 17.5 Å². The Morgan fingerprint density at radius 3 is 2.36 bits per heavy atom. The lowest BCUT2D eigenvalue weighted by atomic mass is 9.49. The fourth-order valence-electron chi connectivity index (χ4n) is 7.05. The Labute approximate surface area is 196 Å². The first-order valence-electron chi connectivity index (χ1n) is 12.6. The molecule has 0 atom stereocenters. The topological polar surface area (TPSA) is 70.0 Å². The molecular formula is C26H37N5O2. The second-order valence-electron chi connectivity index (χ2n) is 11.1. The molecule has 0 spiro atoms. The van der Waals surface area contributed by atoms with Crippen molar-refractivity contribution < 1.29 is 9.59 Å². The van der Waals surface area contributed by atoms with E-state index in [0.29, 0.717) is 35.5 Å². The van der Waals surface area contributed by atoms with Crippen LogP contribution < -0.4 is 5.32 Å². The monoisotopic (exact) mass is 451 g/mol. The number of hydrogen-bond acceptors (Lipinski definition) is 4. The van der Waals surface area contributed by atoms with Gasteiger partial charge in [0.25, 0.3) is 11.8 Å². The molecule has 0 unspecified atom stereocenters. The molecule has 2 aromatic heterocycles. The zero-order chi connectivity index (χ0) is 23.2. The van der Waals surface area contributed by atoms with E-state index in [4.69, 9.17) is 0 Å². The van der Waals surface area contributed by atoms with Crippen LogP contribution in [0.1, 0.15) is 66.4 Å². The Morgan fingerprint density at radius 1 is 1.09 bits per heavy atom. The number of carbonyl (C=O) groups is 2. The summed E-state index contributed by atoms with van der Waals surface area (Å²) in [4.78, 5) is 34.7. The first-order valence-corrected chi connectivity index (χ1v) is 12.6. The van der Waals surface area contributed by atoms with E-state index in [2.05, 4.69) is 15.2 Å². The van der Waals surface area contributed by atoms with Crippen molar-refractivity contribution in [2.24, 2.45) is 23.2 Å². The van der Waals surface area contributed by atoms with E-state index in [-0.39, 0.29) is 11.8 Å². The number of rotatable bonds is 8. The van der Waals surface area contributed by atoms with Crippen LogP contribution in [-0.2, 0) is 0 Å². The van der Waals surface area contributed by atoms with Crippen molar-refractivity contribution in [3.05, 3.63) is 35.8 Å². The van der Waals surface area contributed by atoms with E-state index in [0.717, 1.165) is 30.8 Å². The minimum absolute atomic E-state index is 0.0762. The smallest absolute Gasteiger partial charge is 0.274 e. The van der Waals surface area contributed by atoms with Crippen LogP contribution in [0, 0.1) is 23.2 Å². The van der Waals surface area contributed by atoms with Gasteiger partial charge in [0.05, 0.1) is 0 Å². The largest absolute Gasteiger partial charge is 0.350 e. The van der Waals surface area contributed by atoms with Gasteiger partial charge in [-0.25, -0.2) is 4.98 Å². The highest BCUT2D eigenvalue weighted by atomic mass is 16.2. The number of likely N-dealkylation sites (N-methyl/N-ethyl adjacent to an activating group) is 2. The maximum atomic E-state index is 13.2. The van der Waals surface area contributed by atoms with Crippen molar-refractivity contribution in [1.29, 1.82) is 0 Å². The van der Waals surface area contributed by atoms with Crippen LogP contribution in [0.15, 0.2) is 24.4 Å². The van der Waals surface area contributed by atoms with E-state index < -0.39 is 0 Å². The van der Waals surface area contributed by atoms with E-state index in [1.54, 1.807) is 15.5 Å². The lowest BCUT2D eigenvalue weighted by Crippen LogP contribution is -2.51. The molecule has 2 amide bonds. The molecule has 4 saturated carbocycles. The van der Waals surface area contributed by atoms with Crippen LogP contribution in [0.5, 0.6) is 0 Å². The fraction of sp³-hybridized carbons (Fsp3) is 0.654. The number of pyridine rings is 1. The Morgan fingerprint density at radius 2 is 1.76 bits per heavy atom. The molecule has 178 valence electrons. The first kappa shape index (κ1) is 22.4. The summed E-state index contributed by atoms with van der Waals surface area (Å²) in [6.45, 7) is 4.81. The average Bonchev–Trinajstić information content (AvgIpc) is 3.21. The SMILES string of the molecule is CCN(CCN(C)C)C(=O)c1cn2c(C(=O)NCC34CC5CC(CC(C5)C3)C4)cccc2n1. The highest BCUT2D eigenvalue weighted by molar-refractivity contribution is 5.95. The zero-order valence-electron chi connectivity index (χ0n) is 20.2. The van der Waals surface area contributed by atoms with Gasteiger partial charge < -0.3 is 15.1 Å². The van der Waals surface area contributed by atoms with Gasteiger partial charge >= 0.3 is 0 Å². The van der Waals surface area contributed by atoms with E-state index in [9.17, 15) is 9.59 Å². The lowest BCUT2D eigenvalue weighted by Gasteiger charge is -2.56. The molecule has 7 heteroatoms. The number of hydrogen-bond donors (Lipinski definition) is 1. The molecule has 0 aliphatic heterocycles. The summed E-state index contributed by atoms with van der Waals surface area (Å²) in [6.07, 6.45) is 9.74. The summed E-state index contributed by atoms with van der Waals surface area (Å²) in [6, 6.07) is 5.52. The predicted octanol–water partition coefficient (Wildman–Crippen LogP) is 3.30. The highest BCUT2D eigenvalue weighted by Crippen LogP contribution is 2.59. The van der Waals surface area contributed by atoms with Crippen molar-refractivity contribution in [1.82, 2.24) is 24.5 Å². The molecular weight excluding hydrogens is 414 g/mol. The number of fused-ring (bicyclic) bond motifs is 1. The number of imidazole rings is 1. The second-order valence-corrected chi connectivity index (χ2v) is 11.1. The Kier molecular flexibility index (Phi) is 5.93. The molecule has 33 heavy (non-hydrogen) atoms. The van der Waals surface area contributed by atoms with E-state index >= 15 is 0 Å². The summed E-state index contributed by atoms with van der Waals surface area (Å²) >= 11 is 0. The zero-order valence-corrected chi connectivity index (χ0v) is 20.2. The van der Waals surface area contributed by atoms with Crippen molar-refractivity contribution in [2.45, 2.75) is 45.4 Å². The van der Waals surface area contributed by atoms with Gasteiger partial charge in [0.2, 0.25) is 0 Å². The molecule has 4 aliphatic rings. The van der Waals surface area contributed by atoms with Crippen LogP contribution in [0.3, 0.4) is 0 Å². The van der Waals surface area contributed by atoms with Gasteiger partial charge in [-0.3, -0.25) is 14.0 Å². The number of amides is 2. The van der Waals surface area contributed by atoms with Crippen molar-refractivity contribution in [2.75, 3.05) is 40.3 Å². The van der Waals surface area contributed by atoms with Crippen LogP contribution in [0.2, 0.25) is 0 Å². The molecule has 0 radical (unpaired) electrons. The summed E-state index contributed by atoms with van der Waals surface area (Å²) in [7, 11) is 4.00. The quantitative estimate of drug-likeness (QED) is 0.669. The maximum Gasteiger partial charge on any atom is 0.274 e. The first-order chi connectivity index (χ1) is 15.9. The van der Waals surface area contributed by atoms with Gasteiger partial charge in [0.15, 0.2) is 0 Å². The highest BCUT2D eigenvalue weighted by Gasteiger charge is 2.50. The van der Waals surface area contributed by atoms with Gasteiger partial charge in [-0.15, -0.1) is 0 Å². The normalized spacial score (nSPS) is 27.9. The standard InChI is InChI=1S/C26H37N5O2/c1-4-30(9-8-29(2)3)25(33)21-16-31-22(6-5-7-23(31)28-21)24(32)27-17-26-13-18-10-19(14-26)12-20(11-18)15-26/h5-7,16,18-20H,4,8-15,17H2,1-3H3,(H,27,32). The van der Waals surface area contributed by atoms with E-state index in [1.165, 1.54) is 38.5 Å². The number of carbonyl (C=O) groups excluding carboxylic acids is 2. The third-order valence-electron chi connectivity index (χ3n) is 8.22. The number of aromatic nitrogens is 2. The van der Waals surface area contributed by atoms with Crippen LogP contribution in [0.25, 0.3) is 5.65 Å². The van der Waals surface area contributed by atoms with Crippen molar-refractivity contribution in [3.8, 4) is 0 Å². The lowest BCUT2D eigenvalue weighted by molar-refractivity contribution is -0.0503. The molecule has 4 bridgehead atoms. The Bertz CT molecular complexity index is 1010. The third kappa shape index (κ3) is 4.39. The van der Waals surface area contributed by atoms with Crippen LogP contribution in [0.4, 0.5) is 0 Å². The molecule has 6 rings (SSSR count). The average molecular weight is 452 g/mol. The molecule has 0 aromatic carbocycles. The minimum atomic E-state index is -0.0945. The molecule has 1 N–H and O–H groups in total. The van der Waals surface area contributed by atoms with Gasteiger partial charge in [-0.05, 0) is 94.8 Å². The number of nitrogens with zero attached hydrogens (tertiary/aromatic N) is 4. The van der Waals surface area contributed by atoms with Gasteiger partial charge in [-0.1, -0.05) is 6.07 Å². The van der Waals surface area contributed by atoms with Gasteiger partial charge in [-0.2, -0.15) is 0 Å². The van der Waals surface area contributed by atoms with Gasteiger partial charge in [0, 0.05) is 32.4 Å². The minimum Gasteiger partial charge on any atom is -0.350 e. The molecule has 2 heterocycles. The summed E-state index contributed by atoms with van der Waals surface area (Å²) < 4.78 is 1.77. The molecule has 4 fully saturated rings. The van der Waals surface area contributed by atoms with Gasteiger partial charge in [0.1, 0.15) is 17.0 Å². The predicted molar refractivity (Wildman–Crippen MR) is 128 cm³/mol.